The molecule has 96 valence electrons. The third-order valence-electron chi connectivity index (χ3n) is 2.41. The molecule has 0 aliphatic carbocycles. The molecule has 1 atom stereocenters. The molecule has 2 amide bonds. The van der Waals surface area contributed by atoms with Gasteiger partial charge in [0.2, 0.25) is 0 Å². The fraction of sp³-hybridized carbons (Fsp3) is 0.357. The van der Waals surface area contributed by atoms with Gasteiger partial charge in [-0.3, -0.25) is 0 Å². The molecular weight excluding hydrogens is 228 g/mol. The Morgan fingerprint density at radius 2 is 2.06 bits per heavy atom. The maximum atomic E-state index is 11.4. The number of urea groups is 1. The van der Waals surface area contributed by atoms with Gasteiger partial charge < -0.3 is 15.7 Å². The van der Waals surface area contributed by atoms with Gasteiger partial charge in [-0.2, -0.15) is 0 Å². The molecule has 0 radical (unpaired) electrons. The molecule has 18 heavy (non-hydrogen) atoms. The molecule has 1 aromatic rings. The molecule has 4 nitrogen and oxygen atoms in total. The monoisotopic (exact) mass is 246 g/mol. The van der Waals surface area contributed by atoms with Gasteiger partial charge in [0.1, 0.15) is 6.61 Å². The second kappa shape index (κ2) is 7.36. The van der Waals surface area contributed by atoms with Crippen molar-refractivity contribution < 1.29 is 9.90 Å². The SMILES string of the molecule is CCNC(=O)NC(C)c1ccc(C#CCO)cc1. The molecule has 3 N–H and O–H groups in total. The van der Waals surface area contributed by atoms with Crippen molar-refractivity contribution in [2.75, 3.05) is 13.2 Å². The van der Waals surface area contributed by atoms with E-state index in [1.807, 2.05) is 38.1 Å². The summed E-state index contributed by atoms with van der Waals surface area (Å²) in [5.74, 6) is 5.41. The van der Waals surface area contributed by atoms with Gasteiger partial charge in [-0.1, -0.05) is 24.0 Å². The number of hydrogen-bond acceptors (Lipinski definition) is 2. The van der Waals surface area contributed by atoms with Gasteiger partial charge >= 0.3 is 6.03 Å². The minimum absolute atomic E-state index is 0.0589. The van der Waals surface area contributed by atoms with Gasteiger partial charge in [-0.15, -0.1) is 0 Å². The van der Waals surface area contributed by atoms with Crippen LogP contribution >= 0.6 is 0 Å². The largest absolute Gasteiger partial charge is 0.384 e. The van der Waals surface area contributed by atoms with Crippen LogP contribution in [0.25, 0.3) is 0 Å². The first-order valence-electron chi connectivity index (χ1n) is 5.91. The number of hydrogen-bond donors (Lipinski definition) is 3. The summed E-state index contributed by atoms with van der Waals surface area (Å²) in [5, 5.41) is 14.1. The number of carbonyl (C=O) groups excluding carboxylic acids is 1. The molecular formula is C14H18N2O2. The number of aliphatic hydroxyl groups excluding tert-OH is 1. The van der Waals surface area contributed by atoms with Crippen LogP contribution in [0.4, 0.5) is 4.79 Å². The van der Waals surface area contributed by atoms with Crippen LogP contribution in [-0.2, 0) is 0 Å². The number of nitrogens with one attached hydrogen (secondary N) is 2. The molecule has 0 saturated carbocycles. The summed E-state index contributed by atoms with van der Waals surface area (Å²) < 4.78 is 0. The second-order valence-electron chi connectivity index (χ2n) is 3.81. The summed E-state index contributed by atoms with van der Waals surface area (Å²) in [6.07, 6.45) is 0. The molecule has 0 saturated heterocycles. The first-order valence-corrected chi connectivity index (χ1v) is 5.91. The van der Waals surface area contributed by atoms with E-state index in [1.54, 1.807) is 0 Å². The summed E-state index contributed by atoms with van der Waals surface area (Å²) in [7, 11) is 0. The quantitative estimate of drug-likeness (QED) is 0.706. The maximum absolute atomic E-state index is 11.4. The lowest BCUT2D eigenvalue weighted by atomic mass is 10.1. The lowest BCUT2D eigenvalue weighted by Gasteiger charge is -2.14. The van der Waals surface area contributed by atoms with Gasteiger partial charge in [-0.05, 0) is 31.5 Å². The zero-order valence-electron chi connectivity index (χ0n) is 10.7. The normalized spacial score (nSPS) is 11.1. The third-order valence-corrected chi connectivity index (χ3v) is 2.41. The van der Waals surface area contributed by atoms with Crippen LogP contribution in [-0.4, -0.2) is 24.3 Å². The molecule has 1 aromatic carbocycles. The fourth-order valence-electron chi connectivity index (χ4n) is 1.49. The maximum Gasteiger partial charge on any atom is 0.315 e. The third kappa shape index (κ3) is 4.48. The first kappa shape index (κ1) is 14.1. The number of amides is 2. The highest BCUT2D eigenvalue weighted by Gasteiger charge is 2.07. The highest BCUT2D eigenvalue weighted by molar-refractivity contribution is 5.74. The highest BCUT2D eigenvalue weighted by atomic mass is 16.2. The van der Waals surface area contributed by atoms with Crippen molar-refractivity contribution in [3.8, 4) is 11.8 Å². The molecule has 4 heteroatoms. The van der Waals surface area contributed by atoms with E-state index in [0.29, 0.717) is 6.54 Å². The minimum Gasteiger partial charge on any atom is -0.384 e. The van der Waals surface area contributed by atoms with Gasteiger partial charge in [-0.25, -0.2) is 4.79 Å². The van der Waals surface area contributed by atoms with Crippen LogP contribution < -0.4 is 10.6 Å². The fourth-order valence-corrected chi connectivity index (χ4v) is 1.49. The van der Waals surface area contributed by atoms with E-state index in [2.05, 4.69) is 22.5 Å². The average molecular weight is 246 g/mol. The van der Waals surface area contributed by atoms with E-state index in [4.69, 9.17) is 5.11 Å². The van der Waals surface area contributed by atoms with E-state index < -0.39 is 0 Å². The summed E-state index contributed by atoms with van der Waals surface area (Å²) >= 11 is 0. The van der Waals surface area contributed by atoms with Crippen LogP contribution in [0.2, 0.25) is 0 Å². The van der Waals surface area contributed by atoms with Gasteiger partial charge in [0.05, 0.1) is 6.04 Å². The number of rotatable bonds is 3. The highest BCUT2D eigenvalue weighted by Crippen LogP contribution is 2.12. The summed E-state index contributed by atoms with van der Waals surface area (Å²) in [4.78, 5) is 11.4. The van der Waals surface area contributed by atoms with Crippen molar-refractivity contribution in [1.29, 1.82) is 0 Å². The second-order valence-corrected chi connectivity index (χ2v) is 3.81. The van der Waals surface area contributed by atoms with E-state index in [1.165, 1.54) is 0 Å². The van der Waals surface area contributed by atoms with E-state index in [-0.39, 0.29) is 18.7 Å². The van der Waals surface area contributed by atoms with Gasteiger partial charge in [0, 0.05) is 12.1 Å². The zero-order chi connectivity index (χ0) is 13.4. The molecule has 0 aliphatic rings. The van der Waals surface area contributed by atoms with Crippen molar-refractivity contribution in [1.82, 2.24) is 10.6 Å². The minimum atomic E-state index is -0.172. The number of carbonyl (C=O) groups is 1. The molecule has 0 bridgehead atoms. The Labute approximate surface area is 107 Å². The lowest BCUT2D eigenvalue weighted by Crippen LogP contribution is -2.36. The number of aliphatic hydroxyl groups is 1. The molecule has 0 aliphatic heterocycles. The standard InChI is InChI=1S/C14H18N2O2/c1-3-15-14(18)16-11(2)13-8-6-12(7-9-13)5-4-10-17/h6-9,11,17H,3,10H2,1-2H3,(H2,15,16,18). The molecule has 0 aromatic heterocycles. The van der Waals surface area contributed by atoms with E-state index >= 15 is 0 Å². The Morgan fingerprint density at radius 3 is 2.61 bits per heavy atom. The zero-order valence-corrected chi connectivity index (χ0v) is 10.7. The average Bonchev–Trinajstić information content (AvgIpc) is 2.37. The predicted molar refractivity (Wildman–Crippen MR) is 71.0 cm³/mol. The van der Waals surface area contributed by atoms with Crippen molar-refractivity contribution in [2.24, 2.45) is 0 Å². The Kier molecular flexibility index (Phi) is 5.75. The van der Waals surface area contributed by atoms with E-state index in [0.717, 1.165) is 11.1 Å². The van der Waals surface area contributed by atoms with Crippen LogP contribution in [0.3, 0.4) is 0 Å². The topological polar surface area (TPSA) is 61.4 Å². The van der Waals surface area contributed by atoms with Crippen molar-refractivity contribution >= 4 is 6.03 Å². The number of benzene rings is 1. The first-order chi connectivity index (χ1) is 8.67. The molecule has 0 heterocycles. The Balaban J connectivity index is 2.64. The smallest absolute Gasteiger partial charge is 0.315 e. The molecule has 0 fully saturated rings. The van der Waals surface area contributed by atoms with E-state index in [9.17, 15) is 4.79 Å². The van der Waals surface area contributed by atoms with Crippen LogP contribution in [0.1, 0.15) is 31.0 Å². The summed E-state index contributed by atoms with van der Waals surface area (Å²) in [6, 6.07) is 7.34. The Morgan fingerprint density at radius 1 is 1.39 bits per heavy atom. The molecule has 0 spiro atoms. The Bertz CT molecular complexity index is 443. The lowest BCUT2D eigenvalue weighted by molar-refractivity contribution is 0.238. The van der Waals surface area contributed by atoms with Crippen molar-refractivity contribution in [3.63, 3.8) is 0 Å². The molecule has 1 unspecified atom stereocenters. The van der Waals surface area contributed by atoms with Crippen LogP contribution in [0.5, 0.6) is 0 Å². The molecule has 1 rings (SSSR count). The van der Waals surface area contributed by atoms with Crippen LogP contribution in [0, 0.1) is 11.8 Å². The van der Waals surface area contributed by atoms with Crippen LogP contribution in [0.15, 0.2) is 24.3 Å². The van der Waals surface area contributed by atoms with Gasteiger partial charge in [0.25, 0.3) is 0 Å². The van der Waals surface area contributed by atoms with Crippen molar-refractivity contribution in [2.45, 2.75) is 19.9 Å². The predicted octanol–water partition coefficient (Wildman–Crippen LogP) is 1.41. The van der Waals surface area contributed by atoms with Gasteiger partial charge in [0.15, 0.2) is 0 Å². The Hall–Kier alpha value is -1.99. The summed E-state index contributed by atoms with van der Waals surface area (Å²) in [6.45, 7) is 4.26. The van der Waals surface area contributed by atoms with Crippen molar-refractivity contribution in [3.05, 3.63) is 35.4 Å². The summed E-state index contributed by atoms with van der Waals surface area (Å²) in [5.41, 5.74) is 1.86.